The standard InChI is InChI=1S/C18H17NO5/c1-11(20)15-5-3-4-6-16(15)19-17(22)12(2)24-18(23)13-7-9-14(21)10-8-13/h3-10,12,21H,1-2H3,(H,19,22)/t12-/m0/s1. The number of esters is 1. The van der Waals surface area contributed by atoms with E-state index in [-0.39, 0.29) is 17.1 Å². The normalized spacial score (nSPS) is 11.4. The molecule has 0 aliphatic heterocycles. The highest BCUT2D eigenvalue weighted by atomic mass is 16.5. The summed E-state index contributed by atoms with van der Waals surface area (Å²) in [6.45, 7) is 2.84. The van der Waals surface area contributed by atoms with Gasteiger partial charge in [0.1, 0.15) is 5.75 Å². The molecule has 0 unspecified atom stereocenters. The van der Waals surface area contributed by atoms with E-state index in [2.05, 4.69) is 5.32 Å². The van der Waals surface area contributed by atoms with Crippen LogP contribution in [-0.4, -0.2) is 28.9 Å². The van der Waals surface area contributed by atoms with Crippen LogP contribution in [0.4, 0.5) is 5.69 Å². The number of Topliss-reactive ketones (excluding diaryl/α,β-unsaturated/α-hetero) is 1. The molecule has 0 aliphatic rings. The van der Waals surface area contributed by atoms with E-state index in [4.69, 9.17) is 4.74 Å². The number of ether oxygens (including phenoxy) is 1. The molecule has 1 atom stereocenters. The minimum absolute atomic E-state index is 0.0261. The van der Waals surface area contributed by atoms with Gasteiger partial charge in [-0.2, -0.15) is 0 Å². The third-order valence-electron chi connectivity index (χ3n) is 3.32. The molecule has 6 heteroatoms. The van der Waals surface area contributed by atoms with E-state index in [1.165, 1.54) is 38.1 Å². The van der Waals surface area contributed by atoms with Gasteiger partial charge in [0.25, 0.3) is 5.91 Å². The molecule has 124 valence electrons. The summed E-state index contributed by atoms with van der Waals surface area (Å²) in [5, 5.41) is 11.8. The van der Waals surface area contributed by atoms with Crippen molar-refractivity contribution in [1.82, 2.24) is 0 Å². The van der Waals surface area contributed by atoms with E-state index in [0.29, 0.717) is 11.3 Å². The molecule has 0 heterocycles. The zero-order valence-corrected chi connectivity index (χ0v) is 13.3. The molecule has 0 bridgehead atoms. The lowest BCUT2D eigenvalue weighted by atomic mass is 10.1. The average molecular weight is 327 g/mol. The van der Waals surface area contributed by atoms with Crippen LogP contribution in [0.1, 0.15) is 34.6 Å². The first-order chi connectivity index (χ1) is 11.4. The fourth-order valence-electron chi connectivity index (χ4n) is 2.01. The molecule has 0 fully saturated rings. The summed E-state index contributed by atoms with van der Waals surface area (Å²) < 4.78 is 5.09. The maximum atomic E-state index is 12.2. The Labute approximate surface area is 139 Å². The van der Waals surface area contributed by atoms with Crippen molar-refractivity contribution in [2.45, 2.75) is 20.0 Å². The molecule has 1 amide bonds. The Balaban J connectivity index is 2.04. The molecule has 2 aromatic carbocycles. The minimum Gasteiger partial charge on any atom is -0.508 e. The molecule has 0 aromatic heterocycles. The van der Waals surface area contributed by atoms with Crippen LogP contribution in [0.15, 0.2) is 48.5 Å². The molecule has 0 saturated heterocycles. The summed E-state index contributed by atoms with van der Waals surface area (Å²) in [7, 11) is 0. The second kappa shape index (κ2) is 7.41. The second-order valence-electron chi connectivity index (χ2n) is 5.19. The molecule has 0 spiro atoms. The van der Waals surface area contributed by atoms with E-state index >= 15 is 0 Å². The fraction of sp³-hybridized carbons (Fsp3) is 0.167. The number of carbonyl (C=O) groups excluding carboxylic acids is 3. The first-order valence-corrected chi connectivity index (χ1v) is 7.29. The summed E-state index contributed by atoms with van der Waals surface area (Å²) in [6, 6.07) is 12.1. The third-order valence-corrected chi connectivity index (χ3v) is 3.32. The molecule has 2 rings (SSSR count). The largest absolute Gasteiger partial charge is 0.508 e. The van der Waals surface area contributed by atoms with Gasteiger partial charge in [-0.25, -0.2) is 4.79 Å². The Morgan fingerprint density at radius 1 is 1.04 bits per heavy atom. The van der Waals surface area contributed by atoms with Crippen LogP contribution < -0.4 is 5.32 Å². The van der Waals surface area contributed by atoms with Gasteiger partial charge < -0.3 is 15.2 Å². The number of rotatable bonds is 5. The number of nitrogens with one attached hydrogen (secondary N) is 1. The predicted molar refractivity (Wildman–Crippen MR) is 88.1 cm³/mol. The van der Waals surface area contributed by atoms with Gasteiger partial charge in [0.15, 0.2) is 11.9 Å². The number of benzene rings is 2. The first kappa shape index (κ1) is 17.2. The van der Waals surface area contributed by atoms with Gasteiger partial charge in [-0.1, -0.05) is 12.1 Å². The van der Waals surface area contributed by atoms with E-state index in [1.807, 2.05) is 0 Å². The number of hydrogen-bond acceptors (Lipinski definition) is 5. The van der Waals surface area contributed by atoms with E-state index in [1.54, 1.807) is 24.3 Å². The van der Waals surface area contributed by atoms with Crippen LogP contribution in [0, 0.1) is 0 Å². The Morgan fingerprint density at radius 2 is 1.67 bits per heavy atom. The first-order valence-electron chi connectivity index (χ1n) is 7.29. The van der Waals surface area contributed by atoms with E-state index in [0.717, 1.165) is 0 Å². The molecule has 0 radical (unpaired) electrons. The van der Waals surface area contributed by atoms with Crippen molar-refractivity contribution < 1.29 is 24.2 Å². The summed E-state index contributed by atoms with van der Waals surface area (Å²) in [5.74, 6) is -1.38. The summed E-state index contributed by atoms with van der Waals surface area (Å²) in [5.41, 5.74) is 0.960. The SMILES string of the molecule is CC(=O)c1ccccc1NC(=O)[C@H](C)OC(=O)c1ccc(O)cc1. The highest BCUT2D eigenvalue weighted by molar-refractivity contribution is 6.05. The van der Waals surface area contributed by atoms with Crippen molar-refractivity contribution in [3.63, 3.8) is 0 Å². The number of ketones is 1. The quantitative estimate of drug-likeness (QED) is 0.651. The smallest absolute Gasteiger partial charge is 0.338 e. The lowest BCUT2D eigenvalue weighted by Crippen LogP contribution is -2.30. The van der Waals surface area contributed by atoms with Crippen LogP contribution in [0.5, 0.6) is 5.75 Å². The van der Waals surface area contributed by atoms with Gasteiger partial charge in [-0.05, 0) is 50.2 Å². The second-order valence-corrected chi connectivity index (χ2v) is 5.19. The molecular formula is C18H17NO5. The Kier molecular flexibility index (Phi) is 5.31. The van der Waals surface area contributed by atoms with E-state index in [9.17, 15) is 19.5 Å². The molecule has 2 aromatic rings. The zero-order chi connectivity index (χ0) is 17.7. The Hall–Kier alpha value is -3.15. The van der Waals surface area contributed by atoms with Gasteiger partial charge in [0, 0.05) is 5.56 Å². The number of aromatic hydroxyl groups is 1. The van der Waals surface area contributed by atoms with Gasteiger partial charge in [-0.15, -0.1) is 0 Å². The molecular weight excluding hydrogens is 310 g/mol. The lowest BCUT2D eigenvalue weighted by molar-refractivity contribution is -0.123. The number of phenols is 1. The average Bonchev–Trinajstić information content (AvgIpc) is 2.55. The lowest BCUT2D eigenvalue weighted by Gasteiger charge is -2.15. The van der Waals surface area contributed by atoms with Crippen LogP contribution >= 0.6 is 0 Å². The number of carbonyl (C=O) groups is 3. The molecule has 2 N–H and O–H groups in total. The van der Waals surface area contributed by atoms with Crippen LogP contribution in [-0.2, 0) is 9.53 Å². The van der Waals surface area contributed by atoms with Crippen molar-refractivity contribution in [2.75, 3.05) is 5.32 Å². The van der Waals surface area contributed by atoms with Crippen LogP contribution in [0.25, 0.3) is 0 Å². The van der Waals surface area contributed by atoms with Gasteiger partial charge in [-0.3, -0.25) is 9.59 Å². The highest BCUT2D eigenvalue weighted by Crippen LogP contribution is 2.17. The molecule has 24 heavy (non-hydrogen) atoms. The van der Waals surface area contributed by atoms with Crippen LogP contribution in [0.3, 0.4) is 0 Å². The molecule has 0 aliphatic carbocycles. The van der Waals surface area contributed by atoms with Crippen molar-refractivity contribution in [3.05, 3.63) is 59.7 Å². The number of anilines is 1. The topological polar surface area (TPSA) is 92.7 Å². The third kappa shape index (κ3) is 4.19. The number of phenolic OH excluding ortho intramolecular Hbond substituents is 1. The van der Waals surface area contributed by atoms with Gasteiger partial charge >= 0.3 is 5.97 Å². The molecule has 6 nitrogen and oxygen atoms in total. The van der Waals surface area contributed by atoms with Crippen molar-refractivity contribution >= 4 is 23.3 Å². The van der Waals surface area contributed by atoms with Crippen LogP contribution in [0.2, 0.25) is 0 Å². The Bertz CT molecular complexity index is 767. The maximum absolute atomic E-state index is 12.2. The predicted octanol–water partition coefficient (Wildman–Crippen LogP) is 2.78. The van der Waals surface area contributed by atoms with E-state index < -0.39 is 18.0 Å². The monoisotopic (exact) mass is 327 g/mol. The Morgan fingerprint density at radius 3 is 2.29 bits per heavy atom. The van der Waals surface area contributed by atoms with Gasteiger partial charge in [0.2, 0.25) is 0 Å². The zero-order valence-electron chi connectivity index (χ0n) is 13.3. The summed E-state index contributed by atoms with van der Waals surface area (Å²) in [6.07, 6.45) is -1.05. The highest BCUT2D eigenvalue weighted by Gasteiger charge is 2.20. The fourth-order valence-corrected chi connectivity index (χ4v) is 2.01. The summed E-state index contributed by atoms with van der Waals surface area (Å²) >= 11 is 0. The summed E-state index contributed by atoms with van der Waals surface area (Å²) in [4.78, 5) is 35.7. The van der Waals surface area contributed by atoms with Crippen molar-refractivity contribution in [2.24, 2.45) is 0 Å². The number of para-hydroxylation sites is 1. The number of amides is 1. The molecule has 0 saturated carbocycles. The van der Waals surface area contributed by atoms with Gasteiger partial charge in [0.05, 0.1) is 11.3 Å². The van der Waals surface area contributed by atoms with Crippen molar-refractivity contribution in [1.29, 1.82) is 0 Å². The van der Waals surface area contributed by atoms with Crippen molar-refractivity contribution in [3.8, 4) is 5.75 Å². The maximum Gasteiger partial charge on any atom is 0.338 e. The minimum atomic E-state index is -1.05. The number of hydrogen-bond donors (Lipinski definition) is 2.